The maximum atomic E-state index is 13.5. The van der Waals surface area contributed by atoms with Gasteiger partial charge in [-0.1, -0.05) is 12.1 Å². The summed E-state index contributed by atoms with van der Waals surface area (Å²) >= 11 is 0. The molecular weight excluding hydrogens is 408 g/mol. The number of aromatic hydroxyl groups is 1. The van der Waals surface area contributed by atoms with Gasteiger partial charge in [-0.05, 0) is 62.2 Å². The number of likely N-dealkylation sites (N-methyl/N-ethyl adjacent to an activating group) is 1. The number of aryl methyl sites for hydroxylation is 1. The number of amides is 1. The molecule has 7 heteroatoms. The van der Waals surface area contributed by atoms with Crippen LogP contribution in [-0.2, 0) is 9.59 Å². The molecule has 2 N–H and O–H groups in total. The second kappa shape index (κ2) is 9.96. The molecule has 7 nitrogen and oxygen atoms in total. The van der Waals surface area contributed by atoms with Crippen molar-refractivity contribution in [3.63, 3.8) is 0 Å². The Kier molecular flexibility index (Phi) is 7.30. The quantitative estimate of drug-likeness (QED) is 0.352. The zero-order chi connectivity index (χ0) is 23.4. The first-order chi connectivity index (χ1) is 15.3. The molecule has 0 bridgehead atoms. The van der Waals surface area contributed by atoms with E-state index in [1.54, 1.807) is 37.4 Å². The minimum Gasteiger partial charge on any atom is -0.508 e. The highest BCUT2D eigenvalue weighted by atomic mass is 16.5. The van der Waals surface area contributed by atoms with Gasteiger partial charge in [-0.3, -0.25) is 14.4 Å². The number of nitrogens with zero attached hydrogens (tertiary/aromatic N) is 1. The number of ketones is 2. The Morgan fingerprint density at radius 3 is 2.31 bits per heavy atom. The Bertz CT molecular complexity index is 998. The molecule has 170 valence electrons. The van der Waals surface area contributed by atoms with Crippen molar-refractivity contribution in [2.24, 2.45) is 5.92 Å². The van der Waals surface area contributed by atoms with Crippen molar-refractivity contribution < 1.29 is 29.1 Å². The number of quaternary nitrogens is 1. The van der Waals surface area contributed by atoms with Crippen molar-refractivity contribution in [3.8, 4) is 11.5 Å². The van der Waals surface area contributed by atoms with Gasteiger partial charge in [-0.25, -0.2) is 0 Å². The predicted octanol–water partition coefficient (Wildman–Crippen LogP) is 1.59. The van der Waals surface area contributed by atoms with Crippen LogP contribution < -0.4 is 9.64 Å². The molecule has 1 aliphatic rings. The third-order valence-corrected chi connectivity index (χ3v) is 6.31. The van der Waals surface area contributed by atoms with Gasteiger partial charge in [0.25, 0.3) is 5.91 Å². The van der Waals surface area contributed by atoms with E-state index >= 15 is 0 Å². The van der Waals surface area contributed by atoms with Gasteiger partial charge in [0, 0.05) is 5.56 Å². The summed E-state index contributed by atoms with van der Waals surface area (Å²) in [6.07, 6.45) is 0. The van der Waals surface area contributed by atoms with E-state index in [1.807, 2.05) is 6.92 Å². The second-order valence-electron chi connectivity index (χ2n) is 8.13. The van der Waals surface area contributed by atoms with Crippen molar-refractivity contribution >= 4 is 17.5 Å². The predicted molar refractivity (Wildman–Crippen MR) is 120 cm³/mol. The summed E-state index contributed by atoms with van der Waals surface area (Å²) in [5.74, 6) is -2.10. The van der Waals surface area contributed by atoms with Gasteiger partial charge in [0.2, 0.25) is 5.78 Å². The van der Waals surface area contributed by atoms with Crippen molar-refractivity contribution in [2.75, 3.05) is 33.3 Å². The fraction of sp³-hybridized carbons (Fsp3) is 0.400. The largest absolute Gasteiger partial charge is 0.508 e. The SMILES string of the molecule is CC[NH+](CC)CCN1C(=O)C(=O)C(C(=O)c2ccc(OC)c(C)c2)C1c1ccc(O)cc1. The summed E-state index contributed by atoms with van der Waals surface area (Å²) in [5.41, 5.74) is 1.80. The van der Waals surface area contributed by atoms with Gasteiger partial charge in [0.15, 0.2) is 5.78 Å². The third-order valence-electron chi connectivity index (χ3n) is 6.31. The highest BCUT2D eigenvalue weighted by Gasteiger charge is 2.51. The van der Waals surface area contributed by atoms with E-state index in [0.717, 1.165) is 18.7 Å². The molecule has 1 saturated heterocycles. The van der Waals surface area contributed by atoms with E-state index in [9.17, 15) is 19.5 Å². The second-order valence-corrected chi connectivity index (χ2v) is 8.13. The average Bonchev–Trinajstić information content (AvgIpc) is 3.04. The van der Waals surface area contributed by atoms with Crippen LogP contribution in [0.3, 0.4) is 0 Å². The van der Waals surface area contributed by atoms with Crippen LogP contribution >= 0.6 is 0 Å². The molecule has 0 radical (unpaired) electrons. The number of nitrogens with one attached hydrogen (secondary N) is 1. The number of phenolic OH excluding ortho intramolecular Hbond substituents is 1. The van der Waals surface area contributed by atoms with Crippen LogP contribution in [-0.4, -0.2) is 60.8 Å². The molecule has 2 atom stereocenters. The summed E-state index contributed by atoms with van der Waals surface area (Å²) in [7, 11) is 1.56. The molecular formula is C25H31N2O5+. The first-order valence-electron chi connectivity index (χ1n) is 11.0. The Balaban J connectivity index is 2.01. The summed E-state index contributed by atoms with van der Waals surface area (Å²) in [4.78, 5) is 42.4. The van der Waals surface area contributed by atoms with Gasteiger partial charge in [-0.2, -0.15) is 0 Å². The molecule has 0 saturated carbocycles. The normalized spacial score (nSPS) is 18.5. The molecule has 2 unspecified atom stereocenters. The van der Waals surface area contributed by atoms with Crippen molar-refractivity contribution in [3.05, 3.63) is 59.2 Å². The number of phenols is 1. The number of methoxy groups -OCH3 is 1. The highest BCUT2D eigenvalue weighted by molar-refractivity contribution is 6.44. The minimum atomic E-state index is -1.13. The molecule has 1 heterocycles. The van der Waals surface area contributed by atoms with Crippen LogP contribution in [0.2, 0.25) is 0 Å². The number of hydrogen-bond acceptors (Lipinski definition) is 5. The lowest BCUT2D eigenvalue weighted by molar-refractivity contribution is -0.895. The number of ether oxygens (including phenoxy) is 1. The lowest BCUT2D eigenvalue weighted by atomic mass is 9.86. The fourth-order valence-electron chi connectivity index (χ4n) is 4.36. The summed E-state index contributed by atoms with van der Waals surface area (Å²) in [6, 6.07) is 10.7. The molecule has 0 spiro atoms. The Labute approximate surface area is 188 Å². The number of hydrogen-bond donors (Lipinski definition) is 2. The number of carbonyl (C=O) groups is 3. The molecule has 2 aromatic carbocycles. The molecule has 1 amide bonds. The van der Waals surface area contributed by atoms with Gasteiger partial charge < -0.3 is 19.6 Å². The zero-order valence-electron chi connectivity index (χ0n) is 19.1. The molecule has 0 aliphatic carbocycles. The van der Waals surface area contributed by atoms with Crippen LogP contribution in [0.25, 0.3) is 0 Å². The van der Waals surface area contributed by atoms with Crippen molar-refractivity contribution in [2.45, 2.75) is 26.8 Å². The van der Waals surface area contributed by atoms with Gasteiger partial charge in [0.05, 0.1) is 39.3 Å². The molecule has 3 rings (SSSR count). The standard InChI is InChI=1S/C25H30N2O5/c1-5-26(6-2)13-14-27-22(17-7-10-19(28)11-8-17)21(24(30)25(27)31)23(29)18-9-12-20(32-4)16(3)15-18/h7-12,15,21-22,28H,5-6,13-14H2,1-4H3/p+1. The van der Waals surface area contributed by atoms with Gasteiger partial charge in [-0.15, -0.1) is 0 Å². The van der Waals surface area contributed by atoms with Crippen LogP contribution in [0.15, 0.2) is 42.5 Å². The summed E-state index contributed by atoms with van der Waals surface area (Å²) < 4.78 is 5.27. The van der Waals surface area contributed by atoms with Gasteiger partial charge in [0.1, 0.15) is 17.4 Å². The molecule has 2 aromatic rings. The summed E-state index contributed by atoms with van der Waals surface area (Å²) in [6.45, 7) is 8.85. The number of rotatable bonds is 9. The van der Waals surface area contributed by atoms with Gasteiger partial charge >= 0.3 is 0 Å². The Hall–Kier alpha value is -3.19. The van der Waals surface area contributed by atoms with Crippen molar-refractivity contribution in [1.29, 1.82) is 0 Å². The Morgan fingerprint density at radius 1 is 1.09 bits per heavy atom. The number of benzene rings is 2. The average molecular weight is 440 g/mol. The van der Waals surface area contributed by atoms with E-state index in [-0.39, 0.29) is 11.5 Å². The van der Waals surface area contributed by atoms with Crippen LogP contribution in [0.1, 0.15) is 41.4 Å². The Morgan fingerprint density at radius 2 is 1.75 bits per heavy atom. The first-order valence-corrected chi connectivity index (χ1v) is 11.0. The van der Waals surface area contributed by atoms with E-state index in [2.05, 4.69) is 13.8 Å². The maximum Gasteiger partial charge on any atom is 0.291 e. The zero-order valence-corrected chi connectivity index (χ0v) is 19.1. The van der Waals surface area contributed by atoms with E-state index in [0.29, 0.717) is 30.0 Å². The molecule has 32 heavy (non-hydrogen) atoms. The number of carbonyl (C=O) groups excluding carboxylic acids is 3. The number of Topliss-reactive ketones (excluding diaryl/α,β-unsaturated/α-hetero) is 2. The van der Waals surface area contributed by atoms with Crippen LogP contribution in [0.5, 0.6) is 11.5 Å². The lowest BCUT2D eigenvalue weighted by Gasteiger charge is -2.28. The smallest absolute Gasteiger partial charge is 0.291 e. The highest BCUT2D eigenvalue weighted by Crippen LogP contribution is 2.38. The minimum absolute atomic E-state index is 0.0807. The lowest BCUT2D eigenvalue weighted by Crippen LogP contribution is -3.12. The number of likely N-dealkylation sites (tertiary alicyclic amines) is 1. The fourth-order valence-corrected chi connectivity index (χ4v) is 4.36. The molecule has 1 fully saturated rings. The maximum absolute atomic E-state index is 13.5. The molecule has 0 aromatic heterocycles. The van der Waals surface area contributed by atoms with Crippen molar-refractivity contribution in [1.82, 2.24) is 4.90 Å². The van der Waals surface area contributed by atoms with E-state index in [1.165, 1.54) is 21.9 Å². The van der Waals surface area contributed by atoms with Crippen LogP contribution in [0, 0.1) is 12.8 Å². The third kappa shape index (κ3) is 4.53. The topological polar surface area (TPSA) is 88.4 Å². The first kappa shape index (κ1) is 23.5. The monoisotopic (exact) mass is 439 g/mol. The van der Waals surface area contributed by atoms with E-state index in [4.69, 9.17) is 4.74 Å². The van der Waals surface area contributed by atoms with Crippen LogP contribution in [0.4, 0.5) is 0 Å². The molecule has 1 aliphatic heterocycles. The van der Waals surface area contributed by atoms with E-state index < -0.39 is 23.7 Å². The summed E-state index contributed by atoms with van der Waals surface area (Å²) in [5, 5.41) is 9.71.